The lowest BCUT2D eigenvalue weighted by molar-refractivity contribution is 1.01. The second-order valence-corrected chi connectivity index (χ2v) is 12.8. The molecule has 10 aromatic rings. The highest BCUT2D eigenvalue weighted by molar-refractivity contribution is 6.30. The van der Waals surface area contributed by atoms with E-state index in [-0.39, 0.29) is 0 Å². The minimum Gasteiger partial charge on any atom is -0.309 e. The maximum atomic E-state index is 6.26. The summed E-state index contributed by atoms with van der Waals surface area (Å²) >= 11 is 6.26. The average molecular weight is 647 g/mol. The zero-order valence-corrected chi connectivity index (χ0v) is 27.0. The molecule has 0 fully saturated rings. The van der Waals surface area contributed by atoms with Gasteiger partial charge in [0.25, 0.3) is 0 Å². The van der Waals surface area contributed by atoms with Crippen molar-refractivity contribution in [2.75, 3.05) is 0 Å². The molecule has 0 atom stereocenters. The van der Waals surface area contributed by atoms with E-state index >= 15 is 0 Å². The molecule has 0 aliphatic rings. The first kappa shape index (κ1) is 27.8. The molecule has 10 rings (SSSR count). The first-order valence-electron chi connectivity index (χ1n) is 16.4. The third-order valence-electron chi connectivity index (χ3n) is 9.60. The van der Waals surface area contributed by atoms with E-state index in [0.717, 1.165) is 55.2 Å². The van der Waals surface area contributed by atoms with Crippen molar-refractivity contribution in [2.45, 2.75) is 0 Å². The van der Waals surface area contributed by atoms with Crippen molar-refractivity contribution in [3.8, 4) is 34.0 Å². The van der Waals surface area contributed by atoms with E-state index in [9.17, 15) is 0 Å². The minimum absolute atomic E-state index is 0.637. The highest BCUT2D eigenvalue weighted by Crippen LogP contribution is 2.38. The standard InChI is InChI=1S/C44H27ClN4/c45-31-22-18-28(19-23-31)43-35-14-4-7-15-38(35)46-44(47-43)49-40-17-9-6-13-34(40)37-27-30(21-25-42(37)49)29-20-24-41-36(26-29)33-12-5-8-16-39(33)48(41)32-10-2-1-3-11-32/h1-27H. The Kier molecular flexibility index (Phi) is 6.20. The second kappa shape index (κ2) is 10.9. The van der Waals surface area contributed by atoms with Gasteiger partial charge >= 0.3 is 0 Å². The average Bonchev–Trinajstić information content (AvgIpc) is 3.67. The summed E-state index contributed by atoms with van der Waals surface area (Å²) < 4.78 is 4.55. The van der Waals surface area contributed by atoms with Gasteiger partial charge in [0.2, 0.25) is 5.95 Å². The molecule has 4 nitrogen and oxygen atoms in total. The Balaban J connectivity index is 1.18. The summed E-state index contributed by atoms with van der Waals surface area (Å²) in [5.74, 6) is 0.637. The largest absolute Gasteiger partial charge is 0.309 e. The fourth-order valence-corrected chi connectivity index (χ4v) is 7.49. The number of nitrogens with zero attached hydrogens (tertiary/aromatic N) is 4. The monoisotopic (exact) mass is 646 g/mol. The normalized spacial score (nSPS) is 11.8. The van der Waals surface area contributed by atoms with Gasteiger partial charge in [-0.25, -0.2) is 9.97 Å². The fourth-order valence-electron chi connectivity index (χ4n) is 7.37. The molecule has 3 heterocycles. The lowest BCUT2D eigenvalue weighted by atomic mass is 10.0. The summed E-state index contributed by atoms with van der Waals surface area (Å²) in [6.45, 7) is 0. The Bertz CT molecular complexity index is 2880. The van der Waals surface area contributed by atoms with Crippen molar-refractivity contribution in [1.82, 2.24) is 19.1 Å². The molecule has 0 saturated carbocycles. The number of para-hydroxylation sites is 4. The molecule has 7 aromatic carbocycles. The summed E-state index contributed by atoms with van der Waals surface area (Å²) in [5.41, 5.74) is 10.8. The van der Waals surface area contributed by atoms with Crippen LogP contribution in [0.15, 0.2) is 164 Å². The number of rotatable bonds is 4. The number of hydrogen-bond donors (Lipinski definition) is 0. The highest BCUT2D eigenvalue weighted by atomic mass is 35.5. The predicted octanol–water partition coefficient (Wildman–Crippen LogP) is 11.8. The van der Waals surface area contributed by atoms with E-state index in [4.69, 9.17) is 21.6 Å². The zero-order valence-electron chi connectivity index (χ0n) is 26.3. The van der Waals surface area contributed by atoms with Gasteiger partial charge in [-0.2, -0.15) is 0 Å². The predicted molar refractivity (Wildman–Crippen MR) is 204 cm³/mol. The molecule has 0 aliphatic heterocycles. The molecule has 0 spiro atoms. The van der Waals surface area contributed by atoms with Gasteiger partial charge < -0.3 is 4.57 Å². The quantitative estimate of drug-likeness (QED) is 0.191. The number of fused-ring (bicyclic) bond motifs is 7. The van der Waals surface area contributed by atoms with Gasteiger partial charge in [0.15, 0.2) is 0 Å². The molecule has 3 aromatic heterocycles. The molecule has 5 heteroatoms. The highest BCUT2D eigenvalue weighted by Gasteiger charge is 2.19. The summed E-state index contributed by atoms with van der Waals surface area (Å²) in [6.07, 6.45) is 0. The Hall–Kier alpha value is -6.23. The Morgan fingerprint density at radius 1 is 0.388 bits per heavy atom. The smallest absolute Gasteiger partial charge is 0.235 e. The van der Waals surface area contributed by atoms with Gasteiger partial charge in [0.05, 0.1) is 33.3 Å². The van der Waals surface area contributed by atoms with Gasteiger partial charge in [0, 0.05) is 43.2 Å². The van der Waals surface area contributed by atoms with Crippen LogP contribution in [0.3, 0.4) is 0 Å². The second-order valence-electron chi connectivity index (χ2n) is 12.4. The van der Waals surface area contributed by atoms with E-state index in [1.807, 2.05) is 36.4 Å². The minimum atomic E-state index is 0.637. The van der Waals surface area contributed by atoms with Crippen LogP contribution in [0, 0.1) is 0 Å². The molecular weight excluding hydrogens is 620 g/mol. The third-order valence-corrected chi connectivity index (χ3v) is 9.85. The fraction of sp³-hybridized carbons (Fsp3) is 0. The molecule has 0 radical (unpaired) electrons. The maximum Gasteiger partial charge on any atom is 0.235 e. The van der Waals surface area contributed by atoms with Crippen LogP contribution in [0.2, 0.25) is 5.02 Å². The number of aromatic nitrogens is 4. The molecule has 0 aliphatic carbocycles. The van der Waals surface area contributed by atoms with Gasteiger partial charge in [-0.05, 0) is 77.9 Å². The van der Waals surface area contributed by atoms with Crippen LogP contribution in [0.1, 0.15) is 0 Å². The van der Waals surface area contributed by atoms with Crippen molar-refractivity contribution in [3.05, 3.63) is 169 Å². The van der Waals surface area contributed by atoms with E-state index in [0.29, 0.717) is 11.0 Å². The van der Waals surface area contributed by atoms with Crippen LogP contribution in [0.5, 0.6) is 0 Å². The van der Waals surface area contributed by atoms with E-state index in [1.165, 1.54) is 27.4 Å². The van der Waals surface area contributed by atoms with Crippen LogP contribution in [0.25, 0.3) is 88.5 Å². The van der Waals surface area contributed by atoms with E-state index in [2.05, 4.69) is 137 Å². The Labute approximate surface area is 287 Å². The van der Waals surface area contributed by atoms with Crippen LogP contribution in [0.4, 0.5) is 0 Å². The molecule has 0 N–H and O–H groups in total. The molecule has 49 heavy (non-hydrogen) atoms. The molecule has 0 saturated heterocycles. The van der Waals surface area contributed by atoms with E-state index in [1.54, 1.807) is 0 Å². The first-order valence-corrected chi connectivity index (χ1v) is 16.7. The number of halogens is 1. The van der Waals surface area contributed by atoms with Crippen molar-refractivity contribution in [3.63, 3.8) is 0 Å². The number of benzene rings is 7. The lowest BCUT2D eigenvalue weighted by Crippen LogP contribution is -2.03. The van der Waals surface area contributed by atoms with Crippen LogP contribution in [-0.4, -0.2) is 19.1 Å². The number of hydrogen-bond acceptors (Lipinski definition) is 2. The molecule has 0 unspecified atom stereocenters. The SMILES string of the molecule is Clc1ccc(-c2nc(-n3c4ccccc4c4cc(-c5ccc6c(c5)c5ccccc5n6-c5ccccc5)ccc43)nc3ccccc23)cc1. The first-order chi connectivity index (χ1) is 24.2. The third kappa shape index (κ3) is 4.38. The van der Waals surface area contributed by atoms with Gasteiger partial charge in [-0.15, -0.1) is 0 Å². The van der Waals surface area contributed by atoms with Crippen molar-refractivity contribution in [1.29, 1.82) is 0 Å². The molecule has 230 valence electrons. The molecule has 0 bridgehead atoms. The van der Waals surface area contributed by atoms with Gasteiger partial charge in [0.1, 0.15) is 0 Å². The Morgan fingerprint density at radius 2 is 0.898 bits per heavy atom. The van der Waals surface area contributed by atoms with E-state index < -0.39 is 0 Å². The Morgan fingerprint density at radius 3 is 1.57 bits per heavy atom. The zero-order chi connectivity index (χ0) is 32.5. The maximum absolute atomic E-state index is 6.26. The summed E-state index contributed by atoms with van der Waals surface area (Å²) in [4.78, 5) is 10.3. The summed E-state index contributed by atoms with van der Waals surface area (Å²) in [5, 5.41) is 6.49. The van der Waals surface area contributed by atoms with Crippen molar-refractivity contribution in [2.24, 2.45) is 0 Å². The van der Waals surface area contributed by atoms with Crippen LogP contribution >= 0.6 is 11.6 Å². The van der Waals surface area contributed by atoms with Crippen molar-refractivity contribution >= 4 is 66.1 Å². The topological polar surface area (TPSA) is 35.6 Å². The van der Waals surface area contributed by atoms with Crippen molar-refractivity contribution < 1.29 is 0 Å². The van der Waals surface area contributed by atoms with Gasteiger partial charge in [-0.3, -0.25) is 4.57 Å². The summed E-state index contributed by atoms with van der Waals surface area (Å²) in [6, 6.07) is 57.4. The molecule has 0 amide bonds. The summed E-state index contributed by atoms with van der Waals surface area (Å²) in [7, 11) is 0. The van der Waals surface area contributed by atoms with Crippen LogP contribution < -0.4 is 0 Å². The lowest BCUT2D eigenvalue weighted by Gasteiger charge is -2.12. The van der Waals surface area contributed by atoms with Gasteiger partial charge in [-0.1, -0.05) is 109 Å². The van der Waals surface area contributed by atoms with Crippen LogP contribution in [-0.2, 0) is 0 Å². The molecular formula is C44H27ClN4.